The van der Waals surface area contributed by atoms with Gasteiger partial charge in [-0.1, -0.05) is 12.8 Å². The number of unbranched alkanes of at least 4 members (excludes halogenated alkanes) is 3. The highest BCUT2D eigenvalue weighted by Gasteiger charge is 1.98. The van der Waals surface area contributed by atoms with Crippen LogP contribution < -0.4 is 5.32 Å². The summed E-state index contributed by atoms with van der Waals surface area (Å²) >= 11 is 0. The first kappa shape index (κ1) is 14.4. The number of rotatable bonds is 10. The molecule has 0 heterocycles. The minimum Gasteiger partial charge on any atom is -0.469 e. The van der Waals surface area contributed by atoms with Crippen LogP contribution in [-0.2, 0) is 9.53 Å². The summed E-state index contributed by atoms with van der Waals surface area (Å²) in [6, 6.07) is 0. The van der Waals surface area contributed by atoms with Crippen molar-refractivity contribution >= 4 is 5.97 Å². The van der Waals surface area contributed by atoms with E-state index in [-0.39, 0.29) is 5.97 Å². The first-order valence-corrected chi connectivity index (χ1v) is 5.69. The molecule has 4 heteroatoms. The predicted molar refractivity (Wildman–Crippen MR) is 59.7 cm³/mol. The Kier molecular flexibility index (Phi) is 11.0. The van der Waals surface area contributed by atoms with Gasteiger partial charge < -0.3 is 15.2 Å². The molecular weight excluding hydrogens is 194 g/mol. The molecule has 4 nitrogen and oxygen atoms in total. The summed E-state index contributed by atoms with van der Waals surface area (Å²) < 4.78 is 4.53. The van der Waals surface area contributed by atoms with Crippen molar-refractivity contribution in [3.63, 3.8) is 0 Å². The van der Waals surface area contributed by atoms with Crippen LogP contribution in [0.15, 0.2) is 0 Å². The van der Waals surface area contributed by atoms with E-state index < -0.39 is 0 Å². The Balaban J connectivity index is 2.95. The van der Waals surface area contributed by atoms with Crippen molar-refractivity contribution in [1.29, 1.82) is 0 Å². The maximum Gasteiger partial charge on any atom is 0.305 e. The summed E-state index contributed by atoms with van der Waals surface area (Å²) in [6.07, 6.45) is 5.63. The van der Waals surface area contributed by atoms with Gasteiger partial charge >= 0.3 is 5.97 Å². The largest absolute Gasteiger partial charge is 0.469 e. The number of nitrogens with one attached hydrogen (secondary N) is 1. The van der Waals surface area contributed by atoms with Crippen LogP contribution in [0.5, 0.6) is 0 Å². The summed E-state index contributed by atoms with van der Waals surface area (Å²) in [5.74, 6) is -0.139. The van der Waals surface area contributed by atoms with Crippen LogP contribution in [0.4, 0.5) is 0 Å². The zero-order valence-electron chi connectivity index (χ0n) is 9.63. The average Bonchev–Trinajstić information content (AvgIpc) is 2.26. The van der Waals surface area contributed by atoms with E-state index >= 15 is 0 Å². The van der Waals surface area contributed by atoms with E-state index in [0.717, 1.165) is 45.2 Å². The van der Waals surface area contributed by atoms with Gasteiger partial charge in [0.2, 0.25) is 0 Å². The van der Waals surface area contributed by atoms with Crippen molar-refractivity contribution in [2.24, 2.45) is 0 Å². The topological polar surface area (TPSA) is 58.6 Å². The van der Waals surface area contributed by atoms with Crippen LogP contribution in [0, 0.1) is 0 Å². The summed E-state index contributed by atoms with van der Waals surface area (Å²) in [5.41, 5.74) is 0. The molecule has 0 fully saturated rings. The van der Waals surface area contributed by atoms with Gasteiger partial charge in [-0.2, -0.15) is 0 Å². The van der Waals surface area contributed by atoms with Crippen LogP contribution in [-0.4, -0.2) is 37.9 Å². The molecule has 0 aliphatic carbocycles. The lowest BCUT2D eigenvalue weighted by Gasteiger charge is -2.03. The molecule has 2 N–H and O–H groups in total. The first-order valence-electron chi connectivity index (χ1n) is 5.69. The van der Waals surface area contributed by atoms with Crippen molar-refractivity contribution in [3.8, 4) is 0 Å². The summed E-state index contributed by atoms with van der Waals surface area (Å²) in [6.45, 7) is 2.16. The summed E-state index contributed by atoms with van der Waals surface area (Å²) in [7, 11) is 1.41. The van der Waals surface area contributed by atoms with E-state index in [4.69, 9.17) is 5.11 Å². The molecule has 0 spiro atoms. The minimum atomic E-state index is -0.139. The van der Waals surface area contributed by atoms with Crippen LogP contribution in [0.25, 0.3) is 0 Å². The Morgan fingerprint density at radius 2 is 1.80 bits per heavy atom. The van der Waals surface area contributed by atoms with Crippen molar-refractivity contribution in [3.05, 3.63) is 0 Å². The molecule has 0 radical (unpaired) electrons. The van der Waals surface area contributed by atoms with Crippen LogP contribution in [0.1, 0.15) is 38.5 Å². The number of hydrogen-bond donors (Lipinski definition) is 2. The van der Waals surface area contributed by atoms with Gasteiger partial charge in [-0.05, 0) is 32.4 Å². The zero-order valence-corrected chi connectivity index (χ0v) is 9.63. The molecular formula is C11H23NO3. The molecule has 0 aromatic rings. The van der Waals surface area contributed by atoms with E-state index in [1.54, 1.807) is 0 Å². The van der Waals surface area contributed by atoms with E-state index in [1.165, 1.54) is 7.11 Å². The van der Waals surface area contributed by atoms with Gasteiger partial charge in [0.25, 0.3) is 0 Å². The lowest BCUT2D eigenvalue weighted by atomic mass is 10.2. The third-order valence-electron chi connectivity index (χ3n) is 2.22. The monoisotopic (exact) mass is 217 g/mol. The minimum absolute atomic E-state index is 0.139. The maximum absolute atomic E-state index is 10.7. The Labute approximate surface area is 92.0 Å². The number of carbonyl (C=O) groups excluding carboxylic acids is 1. The van der Waals surface area contributed by atoms with E-state index in [1.807, 2.05) is 0 Å². The first-order chi connectivity index (χ1) is 7.31. The summed E-state index contributed by atoms with van der Waals surface area (Å²) in [5, 5.41) is 11.8. The molecule has 15 heavy (non-hydrogen) atoms. The molecule has 0 saturated carbocycles. The third-order valence-corrected chi connectivity index (χ3v) is 2.22. The second-order valence-electron chi connectivity index (χ2n) is 3.57. The molecule has 0 aromatic heterocycles. The number of ether oxygens (including phenoxy) is 1. The Bertz CT molecular complexity index is 151. The van der Waals surface area contributed by atoms with E-state index in [0.29, 0.717) is 13.0 Å². The predicted octanol–water partition coefficient (Wildman–Crippen LogP) is 1.08. The number of esters is 1. The maximum atomic E-state index is 10.7. The molecule has 0 aliphatic rings. The molecule has 0 aromatic carbocycles. The zero-order chi connectivity index (χ0) is 11.4. The van der Waals surface area contributed by atoms with Crippen LogP contribution in [0.2, 0.25) is 0 Å². The molecule has 0 aliphatic heterocycles. The molecule has 0 amide bonds. The Hall–Kier alpha value is -0.610. The lowest BCUT2D eigenvalue weighted by molar-refractivity contribution is -0.140. The summed E-state index contributed by atoms with van der Waals surface area (Å²) in [4.78, 5) is 10.7. The third kappa shape index (κ3) is 11.3. The van der Waals surface area contributed by atoms with Crippen molar-refractivity contribution in [1.82, 2.24) is 5.32 Å². The highest BCUT2D eigenvalue weighted by molar-refractivity contribution is 5.68. The molecule has 0 rings (SSSR count). The fourth-order valence-electron chi connectivity index (χ4n) is 1.30. The normalized spacial score (nSPS) is 10.3. The second-order valence-corrected chi connectivity index (χ2v) is 3.57. The standard InChI is InChI=1S/C11H23NO3/c1-15-11(14)7-6-9-12-8-4-2-3-5-10-13/h12-13H,2-10H2,1H3. The molecule has 0 saturated heterocycles. The molecule has 0 atom stereocenters. The van der Waals surface area contributed by atoms with Crippen LogP contribution >= 0.6 is 0 Å². The van der Waals surface area contributed by atoms with Crippen LogP contribution in [0.3, 0.4) is 0 Å². The van der Waals surface area contributed by atoms with Crippen molar-refractivity contribution < 1.29 is 14.6 Å². The van der Waals surface area contributed by atoms with Gasteiger partial charge in [0.1, 0.15) is 0 Å². The number of hydrogen-bond acceptors (Lipinski definition) is 4. The fourth-order valence-corrected chi connectivity index (χ4v) is 1.30. The molecule has 0 bridgehead atoms. The van der Waals surface area contributed by atoms with Gasteiger partial charge in [0.15, 0.2) is 0 Å². The Morgan fingerprint density at radius 3 is 2.47 bits per heavy atom. The van der Waals surface area contributed by atoms with Gasteiger partial charge in [-0.25, -0.2) is 0 Å². The number of methoxy groups -OCH3 is 1. The highest BCUT2D eigenvalue weighted by atomic mass is 16.5. The van der Waals surface area contributed by atoms with Crippen molar-refractivity contribution in [2.75, 3.05) is 26.8 Å². The van der Waals surface area contributed by atoms with Crippen molar-refractivity contribution in [2.45, 2.75) is 38.5 Å². The van der Waals surface area contributed by atoms with E-state index in [2.05, 4.69) is 10.1 Å². The number of aliphatic hydroxyl groups is 1. The molecule has 90 valence electrons. The van der Waals surface area contributed by atoms with Gasteiger partial charge in [0.05, 0.1) is 7.11 Å². The Morgan fingerprint density at radius 1 is 1.13 bits per heavy atom. The van der Waals surface area contributed by atoms with Gasteiger partial charge in [-0.3, -0.25) is 4.79 Å². The fraction of sp³-hybridized carbons (Fsp3) is 0.909. The number of carbonyl (C=O) groups is 1. The average molecular weight is 217 g/mol. The quantitative estimate of drug-likeness (QED) is 0.425. The molecule has 0 unspecified atom stereocenters. The smallest absolute Gasteiger partial charge is 0.305 e. The SMILES string of the molecule is COC(=O)CCCNCCCCCCO. The van der Waals surface area contributed by atoms with E-state index in [9.17, 15) is 4.79 Å². The highest BCUT2D eigenvalue weighted by Crippen LogP contribution is 1.97. The lowest BCUT2D eigenvalue weighted by Crippen LogP contribution is -2.17. The van der Waals surface area contributed by atoms with Gasteiger partial charge in [-0.15, -0.1) is 0 Å². The second kappa shape index (κ2) is 11.5. The number of aliphatic hydroxyl groups excluding tert-OH is 1. The van der Waals surface area contributed by atoms with Gasteiger partial charge in [0, 0.05) is 13.0 Å².